The zero-order chi connectivity index (χ0) is 14.0. The van der Waals surface area contributed by atoms with Gasteiger partial charge in [-0.15, -0.1) is 5.10 Å². The van der Waals surface area contributed by atoms with Gasteiger partial charge in [0.25, 0.3) is 0 Å². The minimum Gasteiger partial charge on any atom is -0.312 e. The van der Waals surface area contributed by atoms with Crippen molar-refractivity contribution < 1.29 is 4.39 Å². The van der Waals surface area contributed by atoms with E-state index in [1.165, 1.54) is 16.8 Å². The summed E-state index contributed by atoms with van der Waals surface area (Å²) in [6.07, 6.45) is 0. The second-order valence-electron chi connectivity index (χ2n) is 4.26. The maximum absolute atomic E-state index is 13.9. The predicted octanol–water partition coefficient (Wildman–Crippen LogP) is 1.87. The number of aromatic nitrogens is 3. The van der Waals surface area contributed by atoms with Crippen LogP contribution in [0.5, 0.6) is 0 Å². The predicted molar refractivity (Wildman–Crippen MR) is 68.2 cm³/mol. The van der Waals surface area contributed by atoms with Crippen molar-refractivity contribution in [3.63, 3.8) is 0 Å². The fourth-order valence-corrected chi connectivity index (χ4v) is 1.85. The van der Waals surface area contributed by atoms with E-state index in [4.69, 9.17) is 5.26 Å². The van der Waals surface area contributed by atoms with E-state index in [0.717, 1.165) is 11.4 Å². The average molecular weight is 259 g/mol. The van der Waals surface area contributed by atoms with Crippen LogP contribution >= 0.6 is 0 Å². The molecule has 98 valence electrons. The van der Waals surface area contributed by atoms with Gasteiger partial charge in [0.05, 0.1) is 23.4 Å². The molecule has 1 N–H and O–H groups in total. The number of rotatable bonds is 3. The Morgan fingerprint density at radius 3 is 2.79 bits per heavy atom. The Kier molecular flexibility index (Phi) is 3.58. The van der Waals surface area contributed by atoms with Gasteiger partial charge in [-0.1, -0.05) is 5.21 Å². The van der Waals surface area contributed by atoms with E-state index in [0.29, 0.717) is 5.69 Å². The second-order valence-corrected chi connectivity index (χ2v) is 4.26. The molecule has 2 rings (SSSR count). The molecule has 0 aliphatic carbocycles. The standard InChI is InChI=1S/C13H14FN5/c1-8(16-3)13-9(2)19(18-17-13)12-5-4-10(7-15)6-11(12)14/h4-6,8,16H,1-3H3. The van der Waals surface area contributed by atoms with E-state index in [9.17, 15) is 4.39 Å². The van der Waals surface area contributed by atoms with Gasteiger partial charge in [0.2, 0.25) is 0 Å². The molecule has 0 aliphatic heterocycles. The van der Waals surface area contributed by atoms with Gasteiger partial charge in [0, 0.05) is 0 Å². The summed E-state index contributed by atoms with van der Waals surface area (Å²) in [4.78, 5) is 0. The van der Waals surface area contributed by atoms with Gasteiger partial charge in [-0.25, -0.2) is 9.07 Å². The Morgan fingerprint density at radius 2 is 2.21 bits per heavy atom. The lowest BCUT2D eigenvalue weighted by Gasteiger charge is -2.09. The molecule has 1 aromatic heterocycles. The van der Waals surface area contributed by atoms with Gasteiger partial charge < -0.3 is 5.32 Å². The number of benzene rings is 1. The third-order valence-electron chi connectivity index (χ3n) is 3.08. The third kappa shape index (κ3) is 2.33. The summed E-state index contributed by atoms with van der Waals surface area (Å²) in [5.41, 5.74) is 2.11. The number of hydrogen-bond donors (Lipinski definition) is 1. The van der Waals surface area contributed by atoms with Crippen molar-refractivity contribution in [2.24, 2.45) is 0 Å². The van der Waals surface area contributed by atoms with Crippen molar-refractivity contribution in [3.8, 4) is 11.8 Å². The normalized spacial score (nSPS) is 12.2. The van der Waals surface area contributed by atoms with Gasteiger partial charge in [0.15, 0.2) is 0 Å². The Balaban J connectivity index is 2.49. The molecule has 0 bridgehead atoms. The zero-order valence-corrected chi connectivity index (χ0v) is 11.0. The third-order valence-corrected chi connectivity index (χ3v) is 3.08. The molecule has 5 nitrogen and oxygen atoms in total. The lowest BCUT2D eigenvalue weighted by Crippen LogP contribution is -2.14. The summed E-state index contributed by atoms with van der Waals surface area (Å²) in [7, 11) is 1.82. The minimum atomic E-state index is -0.490. The first-order chi connectivity index (χ1) is 9.08. The summed E-state index contributed by atoms with van der Waals surface area (Å²) in [5, 5.41) is 19.8. The first kappa shape index (κ1) is 13.2. The maximum atomic E-state index is 13.9. The SMILES string of the molecule is CNC(C)c1nnn(-c2ccc(C#N)cc2F)c1C. The van der Waals surface area contributed by atoms with Crippen LogP contribution in [-0.2, 0) is 0 Å². The monoisotopic (exact) mass is 259 g/mol. The summed E-state index contributed by atoms with van der Waals surface area (Å²) in [5.74, 6) is -0.490. The van der Waals surface area contributed by atoms with Crippen LogP contribution < -0.4 is 5.32 Å². The van der Waals surface area contributed by atoms with Crippen molar-refractivity contribution in [2.45, 2.75) is 19.9 Å². The molecule has 1 heterocycles. The Hall–Kier alpha value is -2.26. The highest BCUT2D eigenvalue weighted by Crippen LogP contribution is 2.20. The van der Waals surface area contributed by atoms with Crippen molar-refractivity contribution >= 4 is 0 Å². The lowest BCUT2D eigenvalue weighted by atomic mass is 10.2. The highest BCUT2D eigenvalue weighted by molar-refractivity contribution is 5.41. The van der Waals surface area contributed by atoms with Gasteiger partial charge >= 0.3 is 0 Å². The quantitative estimate of drug-likeness (QED) is 0.913. The molecule has 1 aromatic carbocycles. The number of halogens is 1. The minimum absolute atomic E-state index is 0.0372. The molecule has 0 fully saturated rings. The van der Waals surface area contributed by atoms with E-state index >= 15 is 0 Å². The van der Waals surface area contributed by atoms with Crippen molar-refractivity contribution in [3.05, 3.63) is 41.0 Å². The molecule has 2 aromatic rings. The Bertz CT molecular complexity index is 641. The van der Waals surface area contributed by atoms with Crippen LogP contribution in [0.15, 0.2) is 18.2 Å². The Labute approximate surface area is 110 Å². The van der Waals surface area contributed by atoms with Crippen LogP contribution in [-0.4, -0.2) is 22.0 Å². The van der Waals surface area contributed by atoms with Crippen LogP contribution in [0.2, 0.25) is 0 Å². The number of nitrogens with zero attached hydrogens (tertiary/aromatic N) is 4. The van der Waals surface area contributed by atoms with Crippen LogP contribution in [0.1, 0.15) is 29.9 Å². The molecule has 0 saturated carbocycles. The highest BCUT2D eigenvalue weighted by Gasteiger charge is 2.16. The molecule has 6 heteroatoms. The van der Waals surface area contributed by atoms with E-state index in [1.54, 1.807) is 6.07 Å². The van der Waals surface area contributed by atoms with Gasteiger partial charge in [-0.3, -0.25) is 0 Å². The van der Waals surface area contributed by atoms with Gasteiger partial charge in [-0.05, 0) is 39.1 Å². The summed E-state index contributed by atoms with van der Waals surface area (Å²) in [6.45, 7) is 3.79. The van der Waals surface area contributed by atoms with E-state index in [-0.39, 0.29) is 11.6 Å². The molecule has 1 unspecified atom stereocenters. The summed E-state index contributed by atoms with van der Waals surface area (Å²) in [6, 6.07) is 6.22. The average Bonchev–Trinajstić information content (AvgIpc) is 2.79. The van der Waals surface area contributed by atoms with Crippen molar-refractivity contribution in [2.75, 3.05) is 7.05 Å². The summed E-state index contributed by atoms with van der Waals surface area (Å²) < 4.78 is 15.4. The van der Waals surface area contributed by atoms with Crippen molar-refractivity contribution in [1.29, 1.82) is 5.26 Å². The van der Waals surface area contributed by atoms with Crippen LogP contribution in [0.3, 0.4) is 0 Å². The first-order valence-electron chi connectivity index (χ1n) is 5.88. The largest absolute Gasteiger partial charge is 0.312 e. The number of nitriles is 1. The maximum Gasteiger partial charge on any atom is 0.150 e. The zero-order valence-electron chi connectivity index (χ0n) is 11.0. The topological polar surface area (TPSA) is 66.5 Å². The van der Waals surface area contributed by atoms with E-state index in [2.05, 4.69) is 15.6 Å². The lowest BCUT2D eigenvalue weighted by molar-refractivity contribution is 0.604. The molecule has 0 aliphatic rings. The molecular weight excluding hydrogens is 245 g/mol. The first-order valence-corrected chi connectivity index (χ1v) is 5.88. The fraction of sp³-hybridized carbons (Fsp3) is 0.308. The number of hydrogen-bond acceptors (Lipinski definition) is 4. The van der Waals surface area contributed by atoms with Crippen LogP contribution in [0.25, 0.3) is 5.69 Å². The van der Waals surface area contributed by atoms with E-state index < -0.39 is 5.82 Å². The molecule has 0 saturated heterocycles. The summed E-state index contributed by atoms with van der Waals surface area (Å²) >= 11 is 0. The fourth-order valence-electron chi connectivity index (χ4n) is 1.85. The Morgan fingerprint density at radius 1 is 1.47 bits per heavy atom. The number of nitrogens with one attached hydrogen (secondary N) is 1. The van der Waals surface area contributed by atoms with Crippen LogP contribution in [0, 0.1) is 24.1 Å². The molecule has 0 amide bonds. The highest BCUT2D eigenvalue weighted by atomic mass is 19.1. The smallest absolute Gasteiger partial charge is 0.150 e. The molecule has 1 atom stereocenters. The molecule has 0 spiro atoms. The second kappa shape index (κ2) is 5.16. The van der Waals surface area contributed by atoms with Gasteiger partial charge in [0.1, 0.15) is 17.2 Å². The molecular formula is C13H14FN5. The van der Waals surface area contributed by atoms with Crippen molar-refractivity contribution in [1.82, 2.24) is 20.3 Å². The molecule has 19 heavy (non-hydrogen) atoms. The van der Waals surface area contributed by atoms with Gasteiger partial charge in [-0.2, -0.15) is 5.26 Å². The molecule has 0 radical (unpaired) electrons. The van der Waals surface area contributed by atoms with E-state index in [1.807, 2.05) is 27.0 Å². The van der Waals surface area contributed by atoms with Crippen LogP contribution in [0.4, 0.5) is 4.39 Å².